The molecule has 0 fully saturated rings. The summed E-state index contributed by atoms with van der Waals surface area (Å²) in [5.41, 5.74) is 3.77. The number of rotatable bonds is 11. The molecule has 1 N–H and O–H groups in total. The summed E-state index contributed by atoms with van der Waals surface area (Å²) in [5.74, 6) is -0.860. The molecule has 10 heteroatoms. The van der Waals surface area contributed by atoms with Crippen LogP contribution in [0.2, 0.25) is 0 Å². The van der Waals surface area contributed by atoms with E-state index in [1.54, 1.807) is 11.8 Å². The molecule has 0 unspecified atom stereocenters. The number of hydrogen-bond acceptors (Lipinski definition) is 6. The second-order valence-corrected chi connectivity index (χ2v) is 8.36. The fourth-order valence-electron chi connectivity index (χ4n) is 3.83. The highest BCUT2D eigenvalue weighted by atomic mass is 19.1. The van der Waals surface area contributed by atoms with Gasteiger partial charge in [0.1, 0.15) is 5.82 Å². The zero-order chi connectivity index (χ0) is 26.4. The standard InChI is InChI=1S/C27H27F2N5O3/c1-18(31-12-23-27(29)25(37-3)10-11-30-23)22-16-34(32-24(22)17-36-2)14-20-6-4-19(5-7-20)13-33-15-21(28)8-9-26(33)35/h4-11,15-16,31H,1,12-14,17H2,2-3H3. The van der Waals surface area contributed by atoms with E-state index in [4.69, 9.17) is 9.47 Å². The Morgan fingerprint density at radius 3 is 2.43 bits per heavy atom. The van der Waals surface area contributed by atoms with E-state index >= 15 is 0 Å². The Morgan fingerprint density at radius 2 is 1.73 bits per heavy atom. The van der Waals surface area contributed by atoms with Crippen molar-refractivity contribution in [3.63, 3.8) is 0 Å². The van der Waals surface area contributed by atoms with Gasteiger partial charge in [-0.15, -0.1) is 0 Å². The molecule has 1 aromatic carbocycles. The molecule has 0 saturated heterocycles. The van der Waals surface area contributed by atoms with Gasteiger partial charge in [-0.2, -0.15) is 5.10 Å². The molecule has 4 aromatic rings. The van der Waals surface area contributed by atoms with Crippen molar-refractivity contribution in [3.8, 4) is 5.75 Å². The molecule has 0 saturated carbocycles. The third-order valence-corrected chi connectivity index (χ3v) is 5.73. The lowest BCUT2D eigenvalue weighted by Crippen LogP contribution is -2.19. The summed E-state index contributed by atoms with van der Waals surface area (Å²) in [6, 6.07) is 11.5. The lowest BCUT2D eigenvalue weighted by atomic mass is 10.1. The predicted molar refractivity (Wildman–Crippen MR) is 135 cm³/mol. The maximum atomic E-state index is 14.4. The summed E-state index contributed by atoms with van der Waals surface area (Å²) in [6.45, 7) is 5.23. The molecule has 0 bridgehead atoms. The van der Waals surface area contributed by atoms with Crippen LogP contribution in [-0.4, -0.2) is 33.6 Å². The first-order valence-corrected chi connectivity index (χ1v) is 11.5. The van der Waals surface area contributed by atoms with Gasteiger partial charge in [-0.3, -0.25) is 14.5 Å². The third-order valence-electron chi connectivity index (χ3n) is 5.73. The molecule has 4 rings (SSSR count). The largest absolute Gasteiger partial charge is 0.494 e. The third kappa shape index (κ3) is 6.28. The molecule has 37 heavy (non-hydrogen) atoms. The average molecular weight is 508 g/mol. The normalized spacial score (nSPS) is 10.9. The molecular formula is C27H27F2N5O3. The van der Waals surface area contributed by atoms with E-state index < -0.39 is 11.6 Å². The highest BCUT2D eigenvalue weighted by molar-refractivity contribution is 5.63. The highest BCUT2D eigenvalue weighted by Gasteiger charge is 2.15. The first-order chi connectivity index (χ1) is 17.9. The SMILES string of the molecule is C=C(NCc1nccc(OC)c1F)c1cn(Cc2ccc(Cn3cc(F)ccc3=O)cc2)nc1COC. The summed E-state index contributed by atoms with van der Waals surface area (Å²) in [5, 5.41) is 7.73. The molecule has 3 heterocycles. The first kappa shape index (κ1) is 25.8. The van der Waals surface area contributed by atoms with Crippen molar-refractivity contribution in [2.75, 3.05) is 14.2 Å². The van der Waals surface area contributed by atoms with Crippen LogP contribution < -0.4 is 15.6 Å². The van der Waals surface area contributed by atoms with E-state index in [1.807, 2.05) is 30.5 Å². The van der Waals surface area contributed by atoms with Crippen LogP contribution in [-0.2, 0) is 31.0 Å². The summed E-state index contributed by atoms with van der Waals surface area (Å²) in [4.78, 5) is 16.0. The van der Waals surface area contributed by atoms with Gasteiger partial charge in [0.05, 0.1) is 44.7 Å². The van der Waals surface area contributed by atoms with Crippen LogP contribution in [0.25, 0.3) is 5.70 Å². The minimum atomic E-state index is -0.524. The Morgan fingerprint density at radius 1 is 1.00 bits per heavy atom. The van der Waals surface area contributed by atoms with E-state index in [-0.39, 0.29) is 36.7 Å². The van der Waals surface area contributed by atoms with Crippen molar-refractivity contribution in [1.29, 1.82) is 0 Å². The van der Waals surface area contributed by atoms with Gasteiger partial charge in [-0.05, 0) is 17.2 Å². The van der Waals surface area contributed by atoms with Gasteiger partial charge in [-0.1, -0.05) is 30.8 Å². The minimum Gasteiger partial charge on any atom is -0.494 e. The summed E-state index contributed by atoms with van der Waals surface area (Å²) >= 11 is 0. The molecule has 0 amide bonds. The van der Waals surface area contributed by atoms with Crippen LogP contribution in [0.3, 0.4) is 0 Å². The Hall–Kier alpha value is -4.31. The molecule has 0 aliphatic rings. The zero-order valence-corrected chi connectivity index (χ0v) is 20.6. The average Bonchev–Trinajstić information content (AvgIpc) is 3.29. The van der Waals surface area contributed by atoms with Crippen LogP contribution in [0.4, 0.5) is 8.78 Å². The number of halogens is 2. The Labute approximate surface area is 212 Å². The number of hydrogen-bond donors (Lipinski definition) is 1. The Kier molecular flexibility index (Phi) is 8.09. The quantitative estimate of drug-likeness (QED) is 0.333. The maximum absolute atomic E-state index is 14.4. The minimum absolute atomic E-state index is 0.120. The smallest absolute Gasteiger partial charge is 0.251 e. The summed E-state index contributed by atoms with van der Waals surface area (Å²) in [7, 11) is 2.98. The molecule has 8 nitrogen and oxygen atoms in total. The van der Waals surface area contributed by atoms with E-state index in [1.165, 1.54) is 36.2 Å². The number of nitrogens with one attached hydrogen (secondary N) is 1. The van der Waals surface area contributed by atoms with Crippen LogP contribution in [0.1, 0.15) is 28.1 Å². The summed E-state index contributed by atoms with van der Waals surface area (Å²) < 4.78 is 41.3. The number of nitrogens with zero attached hydrogens (tertiary/aromatic N) is 4. The number of pyridine rings is 2. The topological polar surface area (TPSA) is 83.2 Å². The molecule has 0 aliphatic carbocycles. The molecule has 0 radical (unpaired) electrons. The van der Waals surface area contributed by atoms with Gasteiger partial charge in [-0.25, -0.2) is 8.78 Å². The predicted octanol–water partition coefficient (Wildman–Crippen LogP) is 3.73. The Bertz CT molecular complexity index is 1450. The fraction of sp³-hybridized carbons (Fsp3) is 0.222. The molecule has 3 aromatic heterocycles. The van der Waals surface area contributed by atoms with Crippen molar-refractivity contribution in [3.05, 3.63) is 118 Å². The van der Waals surface area contributed by atoms with Gasteiger partial charge >= 0.3 is 0 Å². The monoisotopic (exact) mass is 507 g/mol. The number of ether oxygens (including phenoxy) is 2. The van der Waals surface area contributed by atoms with Crippen molar-refractivity contribution in [1.82, 2.24) is 24.6 Å². The van der Waals surface area contributed by atoms with Gasteiger partial charge < -0.3 is 19.4 Å². The van der Waals surface area contributed by atoms with E-state index in [0.717, 1.165) is 22.8 Å². The molecular weight excluding hydrogens is 480 g/mol. The number of methoxy groups -OCH3 is 2. The molecule has 0 spiro atoms. The lowest BCUT2D eigenvalue weighted by Gasteiger charge is -2.11. The van der Waals surface area contributed by atoms with Gasteiger partial charge in [0.25, 0.3) is 5.56 Å². The van der Waals surface area contributed by atoms with Gasteiger partial charge in [0.15, 0.2) is 11.6 Å². The van der Waals surface area contributed by atoms with Crippen molar-refractivity contribution >= 4 is 5.70 Å². The van der Waals surface area contributed by atoms with Crippen molar-refractivity contribution in [2.24, 2.45) is 0 Å². The first-order valence-electron chi connectivity index (χ1n) is 11.5. The second kappa shape index (κ2) is 11.6. The zero-order valence-electron chi connectivity index (χ0n) is 20.6. The van der Waals surface area contributed by atoms with E-state index in [0.29, 0.717) is 17.9 Å². The van der Waals surface area contributed by atoms with Crippen LogP contribution in [0.5, 0.6) is 5.75 Å². The number of benzene rings is 1. The second-order valence-electron chi connectivity index (χ2n) is 8.36. The van der Waals surface area contributed by atoms with E-state index in [2.05, 4.69) is 22.0 Å². The maximum Gasteiger partial charge on any atom is 0.251 e. The lowest BCUT2D eigenvalue weighted by molar-refractivity contribution is 0.180. The summed E-state index contributed by atoms with van der Waals surface area (Å²) in [6.07, 6.45) is 4.52. The van der Waals surface area contributed by atoms with Crippen molar-refractivity contribution in [2.45, 2.75) is 26.2 Å². The molecule has 0 atom stereocenters. The Balaban J connectivity index is 1.45. The van der Waals surface area contributed by atoms with Crippen LogP contribution in [0, 0.1) is 11.6 Å². The highest BCUT2D eigenvalue weighted by Crippen LogP contribution is 2.20. The molecule has 192 valence electrons. The number of aromatic nitrogens is 4. The van der Waals surface area contributed by atoms with Crippen LogP contribution >= 0.6 is 0 Å². The fourth-order valence-corrected chi connectivity index (χ4v) is 3.83. The van der Waals surface area contributed by atoms with E-state index in [9.17, 15) is 13.6 Å². The van der Waals surface area contributed by atoms with Crippen molar-refractivity contribution < 1.29 is 18.3 Å². The van der Waals surface area contributed by atoms with Gasteiger partial charge in [0, 0.05) is 49.1 Å². The van der Waals surface area contributed by atoms with Crippen LogP contribution in [0.15, 0.2) is 72.4 Å². The van der Waals surface area contributed by atoms with Gasteiger partial charge in [0.2, 0.25) is 0 Å². The molecule has 0 aliphatic heterocycles.